The fraction of sp³-hybridized carbons (Fsp3) is 0.125. The first-order valence-electron chi connectivity index (χ1n) is 10.7. The van der Waals surface area contributed by atoms with Crippen LogP contribution < -0.4 is 23.8 Å². The Bertz CT molecular complexity index is 1410. The van der Waals surface area contributed by atoms with E-state index in [0.717, 1.165) is 6.20 Å². The van der Waals surface area contributed by atoms with Crippen molar-refractivity contribution in [3.05, 3.63) is 75.3 Å². The van der Waals surface area contributed by atoms with Crippen LogP contribution in [0.1, 0.15) is 12.5 Å². The molecule has 1 amide bonds. The van der Waals surface area contributed by atoms with E-state index in [4.69, 9.17) is 31.2 Å². The zero-order chi connectivity index (χ0) is 25.2. The van der Waals surface area contributed by atoms with E-state index >= 15 is 0 Å². The first-order valence-corrected chi connectivity index (χ1v) is 11.9. The van der Waals surface area contributed by atoms with Crippen LogP contribution in [-0.4, -0.2) is 33.5 Å². The third-order valence-corrected chi connectivity index (χ3v) is 6.42. The number of benzene rings is 2. The van der Waals surface area contributed by atoms with Gasteiger partial charge in [-0.2, -0.15) is 0 Å². The smallest absolute Gasteiger partial charge is 0.287 e. The number of hydrogen-bond acceptors (Lipinski definition) is 10. The number of ether oxygens (including phenoxy) is 4. The molecule has 0 N–H and O–H groups in total. The van der Waals surface area contributed by atoms with Gasteiger partial charge in [0.1, 0.15) is 6.20 Å². The van der Waals surface area contributed by atoms with E-state index in [-0.39, 0.29) is 24.3 Å². The normalized spacial score (nSPS) is 15.5. The van der Waals surface area contributed by atoms with E-state index < -0.39 is 4.92 Å². The number of fused-ring (bicyclic) bond motifs is 1. The van der Waals surface area contributed by atoms with Gasteiger partial charge in [0.25, 0.3) is 11.6 Å². The van der Waals surface area contributed by atoms with Gasteiger partial charge in [0.2, 0.25) is 12.7 Å². The molecule has 1 saturated heterocycles. The molecule has 12 heteroatoms. The Hall–Kier alpha value is -4.16. The number of pyridine rings is 1. The topological polar surface area (TPSA) is 113 Å². The van der Waals surface area contributed by atoms with Gasteiger partial charge < -0.3 is 18.9 Å². The summed E-state index contributed by atoms with van der Waals surface area (Å²) in [6.07, 6.45) is 2.84. The van der Waals surface area contributed by atoms with Crippen molar-refractivity contribution in [2.75, 3.05) is 18.3 Å². The molecule has 0 bridgehead atoms. The summed E-state index contributed by atoms with van der Waals surface area (Å²) in [7, 11) is 0. The first-order chi connectivity index (χ1) is 17.4. The number of nitro groups is 1. The highest BCUT2D eigenvalue weighted by molar-refractivity contribution is 8.27. The Morgan fingerprint density at radius 2 is 2.00 bits per heavy atom. The molecule has 0 spiro atoms. The zero-order valence-corrected chi connectivity index (χ0v) is 20.3. The van der Waals surface area contributed by atoms with Crippen molar-refractivity contribution in [1.29, 1.82) is 0 Å². The third-order valence-electron chi connectivity index (χ3n) is 5.12. The summed E-state index contributed by atoms with van der Waals surface area (Å²) < 4.78 is 22.6. The molecule has 36 heavy (non-hydrogen) atoms. The van der Waals surface area contributed by atoms with Crippen LogP contribution in [-0.2, 0) is 4.79 Å². The molecule has 182 valence electrons. The maximum atomic E-state index is 13.2. The molecular formula is C24H17N3O7S2. The number of thiocarbonyl (C=S) groups is 1. The Kier molecular flexibility index (Phi) is 6.44. The average molecular weight is 524 g/mol. The number of nitrogens with zero attached hydrogens (tertiary/aromatic N) is 3. The van der Waals surface area contributed by atoms with Gasteiger partial charge in [-0.25, -0.2) is 4.98 Å². The summed E-state index contributed by atoms with van der Waals surface area (Å²) in [5.74, 6) is 1.91. The molecule has 0 radical (unpaired) electrons. The van der Waals surface area contributed by atoms with Gasteiger partial charge in [-0.1, -0.05) is 30.0 Å². The molecule has 0 atom stereocenters. The fourth-order valence-corrected chi connectivity index (χ4v) is 4.79. The van der Waals surface area contributed by atoms with Gasteiger partial charge in [-0.15, -0.1) is 0 Å². The number of rotatable bonds is 7. The fourth-order valence-electron chi connectivity index (χ4n) is 3.49. The lowest BCUT2D eigenvalue weighted by Crippen LogP contribution is -2.27. The van der Waals surface area contributed by atoms with Gasteiger partial charge in [0.05, 0.1) is 22.1 Å². The molecule has 10 nitrogen and oxygen atoms in total. The summed E-state index contributed by atoms with van der Waals surface area (Å²) in [5.41, 5.74) is 1.16. The number of carbonyl (C=O) groups is 1. The second-order valence-corrected chi connectivity index (χ2v) is 9.08. The monoisotopic (exact) mass is 523 g/mol. The quantitative estimate of drug-likeness (QED) is 0.175. The second kappa shape index (κ2) is 9.84. The lowest BCUT2D eigenvalue weighted by atomic mass is 10.1. The van der Waals surface area contributed by atoms with Crippen molar-refractivity contribution in [2.45, 2.75) is 6.92 Å². The van der Waals surface area contributed by atoms with Crippen LogP contribution in [0.5, 0.6) is 28.9 Å². The summed E-state index contributed by atoms with van der Waals surface area (Å²) in [6, 6.07) is 13.1. The minimum absolute atomic E-state index is 0.138. The van der Waals surface area contributed by atoms with Crippen molar-refractivity contribution in [3.63, 3.8) is 0 Å². The summed E-state index contributed by atoms with van der Waals surface area (Å²) >= 11 is 6.66. The van der Waals surface area contributed by atoms with Crippen LogP contribution in [0, 0.1) is 10.1 Å². The lowest BCUT2D eigenvalue weighted by Gasteiger charge is -2.14. The highest BCUT2D eigenvalue weighted by Gasteiger charge is 2.34. The number of aromatic nitrogens is 1. The van der Waals surface area contributed by atoms with Crippen LogP contribution in [0.2, 0.25) is 0 Å². The molecule has 0 aliphatic carbocycles. The van der Waals surface area contributed by atoms with Crippen molar-refractivity contribution in [2.24, 2.45) is 0 Å². The van der Waals surface area contributed by atoms with Crippen LogP contribution in [0.25, 0.3) is 6.08 Å². The molecule has 1 aromatic heterocycles. The van der Waals surface area contributed by atoms with E-state index in [1.807, 2.05) is 6.92 Å². The van der Waals surface area contributed by atoms with E-state index in [2.05, 4.69) is 4.98 Å². The number of carbonyl (C=O) groups excluding carboxylic acids is 1. The van der Waals surface area contributed by atoms with E-state index in [9.17, 15) is 14.9 Å². The molecular weight excluding hydrogens is 506 g/mol. The summed E-state index contributed by atoms with van der Waals surface area (Å²) in [5, 5.41) is 10.8. The number of amides is 1. The van der Waals surface area contributed by atoms with E-state index in [1.54, 1.807) is 42.5 Å². The predicted octanol–water partition coefficient (Wildman–Crippen LogP) is 5.32. The number of anilines is 1. The lowest BCUT2D eigenvalue weighted by molar-refractivity contribution is -0.385. The predicted molar refractivity (Wildman–Crippen MR) is 137 cm³/mol. The molecule has 3 heterocycles. The Balaban J connectivity index is 1.38. The molecule has 5 rings (SSSR count). The highest BCUT2D eigenvalue weighted by Crippen LogP contribution is 2.41. The highest BCUT2D eigenvalue weighted by atomic mass is 32.2. The second-order valence-electron chi connectivity index (χ2n) is 7.41. The number of hydrogen-bond donors (Lipinski definition) is 0. The molecule has 2 aromatic carbocycles. The van der Waals surface area contributed by atoms with E-state index in [0.29, 0.717) is 50.1 Å². The molecule has 2 aliphatic rings. The minimum Gasteiger partial charge on any atom is -0.490 e. The Morgan fingerprint density at radius 1 is 1.17 bits per heavy atom. The van der Waals surface area contributed by atoms with Gasteiger partial charge in [0, 0.05) is 18.2 Å². The molecule has 3 aromatic rings. The maximum absolute atomic E-state index is 13.2. The van der Waals surface area contributed by atoms with Crippen molar-refractivity contribution >= 4 is 51.7 Å². The van der Waals surface area contributed by atoms with Crippen LogP contribution in [0.4, 0.5) is 11.4 Å². The van der Waals surface area contributed by atoms with Gasteiger partial charge in [-0.05, 0) is 42.8 Å². The minimum atomic E-state index is -0.535. The van der Waals surface area contributed by atoms with Gasteiger partial charge >= 0.3 is 0 Å². The molecule has 1 fully saturated rings. The average Bonchev–Trinajstić information content (AvgIpc) is 3.44. The standard InChI is InChI=1S/C24H17N3O7S2/c1-2-31-19-9-14(3-6-18(19)34-22-8-5-16(12-25-22)27(29)30)10-21-23(28)26(24(35)36-21)15-4-7-17-20(11-15)33-13-32-17/h3-12H,2,13H2,1H3/b21-10-. The summed E-state index contributed by atoms with van der Waals surface area (Å²) in [6.45, 7) is 2.34. The molecule has 2 aliphatic heterocycles. The van der Waals surface area contributed by atoms with E-state index in [1.165, 1.54) is 28.8 Å². The SMILES string of the molecule is CCOc1cc(/C=C2\SC(=S)N(c3ccc4c(c3)OCO4)C2=O)ccc1Oc1ccc([N+](=O)[O-])cn1. The largest absolute Gasteiger partial charge is 0.490 e. The summed E-state index contributed by atoms with van der Waals surface area (Å²) in [4.78, 5) is 29.3. The third kappa shape index (κ3) is 4.68. The first kappa shape index (κ1) is 23.6. The molecule has 0 unspecified atom stereocenters. The van der Waals surface area contributed by atoms with Crippen molar-refractivity contribution in [1.82, 2.24) is 4.98 Å². The Morgan fingerprint density at radius 3 is 2.75 bits per heavy atom. The van der Waals surface area contributed by atoms with Crippen LogP contribution >= 0.6 is 24.0 Å². The Labute approximate surface area is 214 Å². The van der Waals surface area contributed by atoms with Gasteiger partial charge in [-0.3, -0.25) is 19.8 Å². The zero-order valence-electron chi connectivity index (χ0n) is 18.7. The van der Waals surface area contributed by atoms with Crippen LogP contribution in [0.15, 0.2) is 59.6 Å². The molecule has 0 saturated carbocycles. The van der Waals surface area contributed by atoms with Crippen LogP contribution in [0.3, 0.4) is 0 Å². The van der Waals surface area contributed by atoms with Gasteiger partial charge in [0.15, 0.2) is 27.3 Å². The number of thioether (sulfide) groups is 1. The maximum Gasteiger partial charge on any atom is 0.287 e. The van der Waals surface area contributed by atoms with Crippen molar-refractivity contribution in [3.8, 4) is 28.9 Å². The van der Waals surface area contributed by atoms with Crippen molar-refractivity contribution < 1.29 is 28.7 Å².